The molecule has 1 saturated carbocycles. The molecule has 1 unspecified atom stereocenters. The molecule has 6 heteroatoms. The highest BCUT2D eigenvalue weighted by molar-refractivity contribution is 6.33. The van der Waals surface area contributed by atoms with E-state index in [4.69, 9.17) is 28.9 Å². The maximum atomic E-state index is 5.95. The van der Waals surface area contributed by atoms with Gasteiger partial charge in [-0.2, -0.15) is 0 Å². The van der Waals surface area contributed by atoms with Gasteiger partial charge in [-0.25, -0.2) is 0 Å². The normalized spacial score (nSPS) is 19.2. The van der Waals surface area contributed by atoms with Crippen LogP contribution in [0.5, 0.6) is 0 Å². The number of aromatic nitrogens is 2. The molecule has 0 spiro atoms. The van der Waals surface area contributed by atoms with Gasteiger partial charge in [0.15, 0.2) is 10.3 Å². The number of hydrogen-bond donors (Lipinski definition) is 2. The highest BCUT2D eigenvalue weighted by atomic mass is 35.5. The number of nitrogens with zero attached hydrogens (tertiary/aromatic N) is 2. The van der Waals surface area contributed by atoms with Gasteiger partial charge in [0, 0.05) is 18.2 Å². The molecular formula is C10H14Cl2N4. The number of halogens is 2. The Hall–Kier alpha value is -0.580. The molecule has 0 radical (unpaired) electrons. The topological polar surface area (TPSA) is 63.8 Å². The first-order valence-electron chi connectivity index (χ1n) is 5.22. The van der Waals surface area contributed by atoms with Crippen molar-refractivity contribution in [3.63, 3.8) is 0 Å². The highest BCUT2D eigenvalue weighted by Gasteiger charge is 2.40. The fourth-order valence-electron chi connectivity index (χ4n) is 1.79. The Morgan fingerprint density at radius 2 is 2.19 bits per heavy atom. The minimum Gasteiger partial charge on any atom is -0.376 e. The Kier molecular flexibility index (Phi) is 3.24. The predicted octanol–water partition coefficient (Wildman–Crippen LogP) is 2.32. The van der Waals surface area contributed by atoms with E-state index in [0.29, 0.717) is 28.5 Å². The molecule has 1 aromatic rings. The molecule has 3 N–H and O–H groups in total. The van der Waals surface area contributed by atoms with Crippen LogP contribution in [0.15, 0.2) is 6.07 Å². The number of nitrogens with two attached hydrogens (primary N) is 1. The van der Waals surface area contributed by atoms with Gasteiger partial charge in [-0.15, -0.1) is 10.2 Å². The molecule has 0 aliphatic heterocycles. The zero-order chi connectivity index (χ0) is 11.8. The summed E-state index contributed by atoms with van der Waals surface area (Å²) in [6.45, 7) is 2.64. The van der Waals surface area contributed by atoms with Gasteiger partial charge in [0.25, 0.3) is 0 Å². The Morgan fingerprint density at radius 1 is 1.50 bits per heavy atom. The molecule has 16 heavy (non-hydrogen) atoms. The second-order valence-corrected chi connectivity index (χ2v) is 5.14. The zero-order valence-corrected chi connectivity index (χ0v) is 10.5. The Labute approximate surface area is 105 Å². The number of rotatable bonds is 4. The van der Waals surface area contributed by atoms with Crippen molar-refractivity contribution in [2.75, 3.05) is 11.9 Å². The lowest BCUT2D eigenvalue weighted by Crippen LogP contribution is -2.44. The van der Waals surface area contributed by atoms with Gasteiger partial charge in [-0.05, 0) is 25.7 Å². The van der Waals surface area contributed by atoms with Crippen molar-refractivity contribution in [3.8, 4) is 0 Å². The predicted molar refractivity (Wildman–Crippen MR) is 65.9 cm³/mol. The largest absolute Gasteiger partial charge is 0.376 e. The molecule has 1 aliphatic carbocycles. The van der Waals surface area contributed by atoms with E-state index < -0.39 is 0 Å². The standard InChI is InChI=1S/C10H14Cl2N4/c1-10(5-13,6-2-3-6)14-7-4-8(11)15-16-9(7)12/h4,6H,2-3,5,13H2,1H3,(H,14,15). The van der Waals surface area contributed by atoms with E-state index in [1.165, 1.54) is 12.8 Å². The molecular weight excluding hydrogens is 247 g/mol. The molecule has 1 atom stereocenters. The van der Waals surface area contributed by atoms with Crippen molar-refractivity contribution in [2.24, 2.45) is 11.7 Å². The van der Waals surface area contributed by atoms with Crippen molar-refractivity contribution in [2.45, 2.75) is 25.3 Å². The molecule has 1 heterocycles. The zero-order valence-electron chi connectivity index (χ0n) is 9.00. The third-order valence-corrected chi connectivity index (χ3v) is 3.51. The van der Waals surface area contributed by atoms with Crippen LogP contribution in [0.1, 0.15) is 19.8 Å². The summed E-state index contributed by atoms with van der Waals surface area (Å²) in [6, 6.07) is 1.67. The molecule has 4 nitrogen and oxygen atoms in total. The minimum absolute atomic E-state index is 0.143. The lowest BCUT2D eigenvalue weighted by molar-refractivity contribution is 0.459. The summed E-state index contributed by atoms with van der Waals surface area (Å²) in [5.74, 6) is 0.598. The van der Waals surface area contributed by atoms with Crippen LogP contribution in [0.25, 0.3) is 0 Å². The van der Waals surface area contributed by atoms with Crippen LogP contribution in [0, 0.1) is 5.92 Å². The summed E-state index contributed by atoms with van der Waals surface area (Å²) in [7, 11) is 0. The van der Waals surface area contributed by atoms with E-state index in [-0.39, 0.29) is 5.54 Å². The van der Waals surface area contributed by atoms with Gasteiger partial charge in [-0.1, -0.05) is 23.2 Å². The van der Waals surface area contributed by atoms with Gasteiger partial charge in [0.05, 0.1) is 5.69 Å². The lowest BCUT2D eigenvalue weighted by Gasteiger charge is -2.30. The second kappa shape index (κ2) is 4.35. The van der Waals surface area contributed by atoms with E-state index in [0.717, 1.165) is 0 Å². The average Bonchev–Trinajstić information content (AvgIpc) is 3.07. The van der Waals surface area contributed by atoms with Crippen LogP contribution >= 0.6 is 23.2 Å². The monoisotopic (exact) mass is 260 g/mol. The van der Waals surface area contributed by atoms with Gasteiger partial charge in [0.1, 0.15) is 0 Å². The molecule has 1 aliphatic rings. The van der Waals surface area contributed by atoms with Gasteiger partial charge in [-0.3, -0.25) is 0 Å². The summed E-state index contributed by atoms with van der Waals surface area (Å²) in [5, 5.41) is 11.4. The quantitative estimate of drug-likeness (QED) is 0.873. The molecule has 88 valence electrons. The van der Waals surface area contributed by atoms with Crippen molar-refractivity contribution < 1.29 is 0 Å². The number of anilines is 1. The summed E-state index contributed by atoms with van der Waals surface area (Å²) in [5.41, 5.74) is 6.36. The van der Waals surface area contributed by atoms with E-state index in [9.17, 15) is 0 Å². The fraction of sp³-hybridized carbons (Fsp3) is 0.600. The maximum Gasteiger partial charge on any atom is 0.174 e. The van der Waals surface area contributed by atoms with Gasteiger partial charge >= 0.3 is 0 Å². The summed E-state index contributed by atoms with van der Waals surface area (Å²) in [4.78, 5) is 0. The highest BCUT2D eigenvalue weighted by Crippen LogP contribution is 2.41. The second-order valence-electron chi connectivity index (χ2n) is 4.39. The molecule has 0 saturated heterocycles. The first-order valence-corrected chi connectivity index (χ1v) is 5.98. The summed E-state index contributed by atoms with van der Waals surface area (Å²) in [6.07, 6.45) is 2.40. The maximum absolute atomic E-state index is 5.95. The van der Waals surface area contributed by atoms with Gasteiger partial charge < -0.3 is 11.1 Å². The van der Waals surface area contributed by atoms with Crippen LogP contribution in [-0.2, 0) is 0 Å². The van der Waals surface area contributed by atoms with Crippen LogP contribution in [0.3, 0.4) is 0 Å². The average molecular weight is 261 g/mol. The number of nitrogens with one attached hydrogen (secondary N) is 1. The van der Waals surface area contributed by atoms with Gasteiger partial charge in [0.2, 0.25) is 0 Å². The number of hydrogen-bond acceptors (Lipinski definition) is 4. The van der Waals surface area contributed by atoms with E-state index in [2.05, 4.69) is 22.4 Å². The van der Waals surface area contributed by atoms with Crippen LogP contribution < -0.4 is 11.1 Å². The van der Waals surface area contributed by atoms with Crippen molar-refractivity contribution >= 4 is 28.9 Å². The van der Waals surface area contributed by atoms with Crippen LogP contribution in [0.4, 0.5) is 5.69 Å². The first kappa shape index (κ1) is 11.9. The first-order chi connectivity index (χ1) is 7.55. The lowest BCUT2D eigenvalue weighted by atomic mass is 9.96. The fourth-order valence-corrected chi connectivity index (χ4v) is 2.08. The summed E-state index contributed by atoms with van der Waals surface area (Å²) < 4.78 is 0. The van der Waals surface area contributed by atoms with E-state index >= 15 is 0 Å². The third-order valence-electron chi connectivity index (χ3n) is 3.04. The molecule has 0 amide bonds. The van der Waals surface area contributed by atoms with Crippen molar-refractivity contribution in [1.82, 2.24) is 10.2 Å². The van der Waals surface area contributed by atoms with Crippen LogP contribution in [-0.4, -0.2) is 22.3 Å². The third kappa shape index (κ3) is 2.39. The van der Waals surface area contributed by atoms with Crippen molar-refractivity contribution in [1.29, 1.82) is 0 Å². The molecule has 2 rings (SSSR count). The Balaban J connectivity index is 2.21. The van der Waals surface area contributed by atoms with Crippen molar-refractivity contribution in [3.05, 3.63) is 16.4 Å². The molecule has 1 fully saturated rings. The molecule has 1 aromatic heterocycles. The molecule has 0 bridgehead atoms. The van der Waals surface area contributed by atoms with Crippen LogP contribution in [0.2, 0.25) is 10.3 Å². The molecule has 0 aromatic carbocycles. The Bertz CT molecular complexity index is 394. The SMILES string of the molecule is CC(CN)(Nc1cc(Cl)nnc1Cl)C1CC1. The van der Waals surface area contributed by atoms with E-state index in [1.807, 2.05) is 0 Å². The Morgan fingerprint density at radius 3 is 2.75 bits per heavy atom. The summed E-state index contributed by atoms with van der Waals surface area (Å²) >= 11 is 11.7. The van der Waals surface area contributed by atoms with E-state index in [1.54, 1.807) is 6.07 Å². The minimum atomic E-state index is -0.143. The smallest absolute Gasteiger partial charge is 0.174 e.